The standard InChI is InChI=1S/C15H19N3O5/c19-13(20)8-23-12-3-4-22-7-11(12)18-15(21)10-5-16-14(17-6-10)9-1-2-9/h5-6,9,11-12H,1-4,7-8H2,(H,18,21)(H,19,20)/t11-,12+/m0/s1. The molecule has 8 heteroatoms. The van der Waals surface area contributed by atoms with Crippen LogP contribution in [-0.2, 0) is 14.3 Å². The summed E-state index contributed by atoms with van der Waals surface area (Å²) in [6.45, 7) is 0.378. The number of amides is 1. The lowest BCUT2D eigenvalue weighted by Crippen LogP contribution is -2.51. The van der Waals surface area contributed by atoms with Crippen molar-refractivity contribution in [1.29, 1.82) is 0 Å². The number of nitrogens with one attached hydrogen (secondary N) is 1. The minimum atomic E-state index is -1.04. The Morgan fingerprint density at radius 3 is 2.70 bits per heavy atom. The largest absolute Gasteiger partial charge is 0.480 e. The third kappa shape index (κ3) is 4.23. The number of aliphatic carboxylic acids is 1. The molecule has 1 aromatic rings. The second kappa shape index (κ2) is 7.01. The Morgan fingerprint density at radius 1 is 1.30 bits per heavy atom. The smallest absolute Gasteiger partial charge is 0.329 e. The Kier molecular flexibility index (Phi) is 4.82. The number of carbonyl (C=O) groups excluding carboxylic acids is 1. The van der Waals surface area contributed by atoms with Crippen molar-refractivity contribution < 1.29 is 24.2 Å². The Hall–Kier alpha value is -2.06. The van der Waals surface area contributed by atoms with Crippen molar-refractivity contribution in [1.82, 2.24) is 15.3 Å². The van der Waals surface area contributed by atoms with E-state index in [1.807, 2.05) is 0 Å². The Bertz CT molecular complexity index is 573. The maximum atomic E-state index is 12.3. The molecule has 0 unspecified atom stereocenters. The van der Waals surface area contributed by atoms with Crippen molar-refractivity contribution in [2.24, 2.45) is 0 Å². The van der Waals surface area contributed by atoms with Gasteiger partial charge >= 0.3 is 5.97 Å². The highest BCUT2D eigenvalue weighted by molar-refractivity contribution is 5.93. The number of ether oxygens (including phenoxy) is 2. The second-order valence-electron chi connectivity index (χ2n) is 5.79. The van der Waals surface area contributed by atoms with Gasteiger partial charge < -0.3 is 19.9 Å². The summed E-state index contributed by atoms with van der Waals surface area (Å²) in [6, 6.07) is -0.390. The van der Waals surface area contributed by atoms with Crippen LogP contribution in [0.1, 0.15) is 41.4 Å². The van der Waals surface area contributed by atoms with Gasteiger partial charge in [0.25, 0.3) is 5.91 Å². The van der Waals surface area contributed by atoms with Crippen molar-refractivity contribution >= 4 is 11.9 Å². The van der Waals surface area contributed by atoms with Crippen molar-refractivity contribution in [3.8, 4) is 0 Å². The number of carboxylic acids is 1. The van der Waals surface area contributed by atoms with Gasteiger partial charge in [0.2, 0.25) is 0 Å². The highest BCUT2D eigenvalue weighted by atomic mass is 16.5. The molecular formula is C15H19N3O5. The number of rotatable bonds is 6. The van der Waals surface area contributed by atoms with Crippen molar-refractivity contribution in [3.05, 3.63) is 23.8 Å². The van der Waals surface area contributed by atoms with E-state index >= 15 is 0 Å². The molecule has 1 amide bonds. The molecule has 1 saturated carbocycles. The Labute approximate surface area is 133 Å². The van der Waals surface area contributed by atoms with E-state index in [1.54, 1.807) is 0 Å². The van der Waals surface area contributed by atoms with Crippen LogP contribution in [0.25, 0.3) is 0 Å². The first kappa shape index (κ1) is 15.8. The maximum Gasteiger partial charge on any atom is 0.329 e. The fourth-order valence-electron chi connectivity index (χ4n) is 2.49. The summed E-state index contributed by atoms with van der Waals surface area (Å²) in [5, 5.41) is 11.5. The molecule has 2 atom stereocenters. The van der Waals surface area contributed by atoms with Gasteiger partial charge in [-0.1, -0.05) is 0 Å². The highest BCUT2D eigenvalue weighted by Gasteiger charge is 2.30. The van der Waals surface area contributed by atoms with Crippen LogP contribution in [0.15, 0.2) is 12.4 Å². The van der Waals surface area contributed by atoms with Crippen LogP contribution in [0.4, 0.5) is 0 Å². The predicted octanol–water partition coefficient (Wildman–Crippen LogP) is 0.343. The first-order valence-electron chi connectivity index (χ1n) is 7.67. The summed E-state index contributed by atoms with van der Waals surface area (Å²) in [7, 11) is 0. The first-order chi connectivity index (χ1) is 11.1. The van der Waals surface area contributed by atoms with Crippen LogP contribution in [0.5, 0.6) is 0 Å². The third-order valence-electron chi connectivity index (χ3n) is 3.91. The molecule has 0 aromatic carbocycles. The van der Waals surface area contributed by atoms with Crippen LogP contribution in [0.2, 0.25) is 0 Å². The van der Waals surface area contributed by atoms with E-state index in [0.29, 0.717) is 24.5 Å². The van der Waals surface area contributed by atoms with Crippen LogP contribution >= 0.6 is 0 Å². The van der Waals surface area contributed by atoms with Gasteiger partial charge in [-0.05, 0) is 19.3 Å². The molecule has 23 heavy (non-hydrogen) atoms. The van der Waals surface area contributed by atoms with E-state index < -0.39 is 18.6 Å². The van der Waals surface area contributed by atoms with Gasteiger partial charge in [0.05, 0.1) is 24.3 Å². The average Bonchev–Trinajstić information content (AvgIpc) is 3.39. The van der Waals surface area contributed by atoms with Crippen molar-refractivity contribution in [2.45, 2.75) is 37.3 Å². The fraction of sp³-hybridized carbons (Fsp3) is 0.600. The topological polar surface area (TPSA) is 111 Å². The molecule has 0 bridgehead atoms. The molecule has 1 aliphatic carbocycles. The second-order valence-corrected chi connectivity index (χ2v) is 5.79. The summed E-state index contributed by atoms with van der Waals surface area (Å²) in [5.74, 6) is -0.129. The summed E-state index contributed by atoms with van der Waals surface area (Å²) in [6.07, 6.45) is 5.41. The molecule has 2 aliphatic rings. The Balaban J connectivity index is 1.58. The van der Waals surface area contributed by atoms with Gasteiger partial charge in [-0.3, -0.25) is 4.79 Å². The maximum absolute atomic E-state index is 12.3. The molecule has 0 radical (unpaired) electrons. The van der Waals surface area contributed by atoms with Gasteiger partial charge in [-0.2, -0.15) is 0 Å². The SMILES string of the molecule is O=C(O)CO[C@@H]1CCOC[C@@H]1NC(=O)c1cnc(C2CC2)nc1. The molecule has 1 aromatic heterocycles. The van der Waals surface area contributed by atoms with Gasteiger partial charge in [0.15, 0.2) is 0 Å². The molecular weight excluding hydrogens is 302 g/mol. The van der Waals surface area contributed by atoms with Gasteiger partial charge in [-0.25, -0.2) is 14.8 Å². The zero-order chi connectivity index (χ0) is 16.2. The predicted molar refractivity (Wildman–Crippen MR) is 78.1 cm³/mol. The zero-order valence-electron chi connectivity index (χ0n) is 12.6. The molecule has 2 fully saturated rings. The summed E-state index contributed by atoms with van der Waals surface area (Å²) >= 11 is 0. The van der Waals surface area contributed by atoms with Crippen molar-refractivity contribution in [2.75, 3.05) is 19.8 Å². The molecule has 2 N–H and O–H groups in total. The minimum Gasteiger partial charge on any atom is -0.480 e. The van der Waals surface area contributed by atoms with Crippen LogP contribution in [0, 0.1) is 0 Å². The molecule has 0 spiro atoms. The normalized spacial score (nSPS) is 24.2. The Morgan fingerprint density at radius 2 is 2.04 bits per heavy atom. The molecule has 8 nitrogen and oxygen atoms in total. The van der Waals surface area contributed by atoms with E-state index in [2.05, 4.69) is 15.3 Å². The van der Waals surface area contributed by atoms with E-state index in [-0.39, 0.29) is 18.6 Å². The number of hydrogen-bond donors (Lipinski definition) is 2. The lowest BCUT2D eigenvalue weighted by molar-refractivity contribution is -0.147. The molecule has 1 aliphatic heterocycles. The van der Waals surface area contributed by atoms with E-state index in [0.717, 1.165) is 18.7 Å². The molecule has 1 saturated heterocycles. The summed E-state index contributed by atoms with van der Waals surface area (Å²) < 4.78 is 10.7. The van der Waals surface area contributed by atoms with E-state index in [1.165, 1.54) is 12.4 Å². The number of nitrogens with zero attached hydrogens (tertiary/aromatic N) is 2. The fourth-order valence-corrected chi connectivity index (χ4v) is 2.49. The lowest BCUT2D eigenvalue weighted by atomic mass is 10.1. The van der Waals surface area contributed by atoms with Gasteiger partial charge in [0, 0.05) is 24.9 Å². The monoisotopic (exact) mass is 321 g/mol. The summed E-state index contributed by atoms with van der Waals surface area (Å²) in [5.41, 5.74) is 0.372. The molecule has 2 heterocycles. The zero-order valence-corrected chi connectivity index (χ0v) is 12.6. The highest BCUT2D eigenvalue weighted by Crippen LogP contribution is 2.37. The number of carbonyl (C=O) groups is 2. The van der Waals surface area contributed by atoms with E-state index in [9.17, 15) is 9.59 Å². The lowest BCUT2D eigenvalue weighted by Gasteiger charge is -2.31. The van der Waals surface area contributed by atoms with Crippen LogP contribution < -0.4 is 5.32 Å². The minimum absolute atomic E-state index is 0.289. The quantitative estimate of drug-likeness (QED) is 0.777. The average molecular weight is 321 g/mol. The number of aromatic nitrogens is 2. The number of carboxylic acid groups (broad SMARTS) is 1. The summed E-state index contributed by atoms with van der Waals surface area (Å²) in [4.78, 5) is 31.3. The number of hydrogen-bond acceptors (Lipinski definition) is 6. The van der Waals surface area contributed by atoms with Gasteiger partial charge in [0.1, 0.15) is 12.4 Å². The first-order valence-corrected chi connectivity index (χ1v) is 7.67. The van der Waals surface area contributed by atoms with Crippen LogP contribution in [0.3, 0.4) is 0 Å². The van der Waals surface area contributed by atoms with Crippen LogP contribution in [-0.4, -0.2) is 58.9 Å². The van der Waals surface area contributed by atoms with Crippen molar-refractivity contribution in [3.63, 3.8) is 0 Å². The van der Waals surface area contributed by atoms with Gasteiger partial charge in [-0.15, -0.1) is 0 Å². The van der Waals surface area contributed by atoms with E-state index in [4.69, 9.17) is 14.6 Å². The molecule has 124 valence electrons. The molecule has 3 rings (SSSR count). The third-order valence-corrected chi connectivity index (χ3v) is 3.91.